The van der Waals surface area contributed by atoms with Crippen molar-refractivity contribution in [3.8, 4) is 0 Å². The van der Waals surface area contributed by atoms with Crippen LogP contribution < -0.4 is 10.2 Å². The van der Waals surface area contributed by atoms with Crippen molar-refractivity contribution >= 4 is 23.3 Å². The molecule has 0 aromatic carbocycles. The van der Waals surface area contributed by atoms with Gasteiger partial charge in [0.25, 0.3) is 0 Å². The number of hydrogen-bond donors (Lipinski definition) is 1. The molecule has 27 heavy (non-hydrogen) atoms. The van der Waals surface area contributed by atoms with Crippen molar-refractivity contribution in [2.75, 3.05) is 36.9 Å². The summed E-state index contributed by atoms with van der Waals surface area (Å²) in [6, 6.07) is 0. The number of likely N-dealkylation sites (tertiary alicyclic amines) is 1. The third kappa shape index (κ3) is 2.22. The van der Waals surface area contributed by atoms with Gasteiger partial charge in [-0.2, -0.15) is 5.10 Å². The molecule has 3 fully saturated rings. The summed E-state index contributed by atoms with van der Waals surface area (Å²) in [5, 5.41) is 7.72. The molecule has 5 heterocycles. The molecule has 0 unspecified atom stereocenters. The molecule has 4 aliphatic rings. The van der Waals surface area contributed by atoms with Crippen molar-refractivity contribution in [3.05, 3.63) is 17.8 Å². The largest absolute Gasteiger partial charge is 0.360 e. The van der Waals surface area contributed by atoms with E-state index < -0.39 is 17.4 Å². The third-order valence-corrected chi connectivity index (χ3v) is 6.56. The number of carbonyl (C=O) groups excluding carboxylic acids is 2. The van der Waals surface area contributed by atoms with Crippen molar-refractivity contribution in [2.45, 2.75) is 31.5 Å². The summed E-state index contributed by atoms with van der Waals surface area (Å²) in [6.45, 7) is 4.37. The van der Waals surface area contributed by atoms with Gasteiger partial charge in [0.2, 0.25) is 11.8 Å². The van der Waals surface area contributed by atoms with Crippen molar-refractivity contribution in [1.82, 2.24) is 14.7 Å². The van der Waals surface area contributed by atoms with Gasteiger partial charge in [0.05, 0.1) is 30.2 Å². The number of fused-ring (bicyclic) bond motifs is 1. The van der Waals surface area contributed by atoms with Gasteiger partial charge >= 0.3 is 0 Å². The van der Waals surface area contributed by atoms with E-state index in [4.69, 9.17) is 4.74 Å². The Balaban J connectivity index is 1.45. The van der Waals surface area contributed by atoms with Crippen LogP contribution in [0.5, 0.6) is 0 Å². The van der Waals surface area contributed by atoms with E-state index in [1.165, 1.54) is 0 Å². The molecule has 0 aliphatic carbocycles. The second-order valence-corrected chi connectivity index (χ2v) is 8.19. The average molecular weight is 371 g/mol. The molecule has 2 amide bonds. The summed E-state index contributed by atoms with van der Waals surface area (Å²) in [5.41, 5.74) is 1.03. The fraction of sp³-hybridized carbons (Fsp3) is 0.632. The minimum absolute atomic E-state index is 0.00956. The maximum Gasteiger partial charge on any atom is 0.231 e. The Morgan fingerprint density at radius 1 is 1.33 bits per heavy atom. The van der Waals surface area contributed by atoms with Crippen LogP contribution in [-0.4, -0.2) is 64.9 Å². The molecule has 3 saturated heterocycles. The molecule has 1 spiro atoms. The van der Waals surface area contributed by atoms with E-state index in [0.717, 1.165) is 43.1 Å². The van der Waals surface area contributed by atoms with Crippen LogP contribution in [0.2, 0.25) is 0 Å². The predicted molar refractivity (Wildman–Crippen MR) is 99.4 cm³/mol. The highest BCUT2D eigenvalue weighted by Crippen LogP contribution is 2.51. The molecule has 144 valence electrons. The molecule has 8 nitrogen and oxygen atoms in total. The molecular weight excluding hydrogens is 346 g/mol. The number of amides is 2. The van der Waals surface area contributed by atoms with E-state index in [1.54, 1.807) is 16.6 Å². The Morgan fingerprint density at radius 3 is 2.81 bits per heavy atom. The first kappa shape index (κ1) is 16.8. The maximum absolute atomic E-state index is 13.3. The van der Waals surface area contributed by atoms with E-state index in [9.17, 15) is 9.59 Å². The van der Waals surface area contributed by atoms with E-state index in [2.05, 4.69) is 15.3 Å². The Bertz CT molecular complexity index is 856. The first-order valence-electron chi connectivity index (χ1n) is 9.63. The fourth-order valence-electron chi connectivity index (χ4n) is 5.08. The van der Waals surface area contributed by atoms with Crippen LogP contribution in [0.4, 0.5) is 11.5 Å². The zero-order valence-corrected chi connectivity index (χ0v) is 15.9. The lowest BCUT2D eigenvalue weighted by Crippen LogP contribution is -2.41. The Morgan fingerprint density at radius 2 is 2.07 bits per heavy atom. The lowest BCUT2D eigenvalue weighted by atomic mass is 9.76. The molecule has 4 aliphatic heterocycles. The van der Waals surface area contributed by atoms with E-state index >= 15 is 0 Å². The summed E-state index contributed by atoms with van der Waals surface area (Å²) in [7, 11) is 3.66. The molecule has 0 radical (unpaired) electrons. The molecule has 1 aromatic rings. The van der Waals surface area contributed by atoms with Crippen molar-refractivity contribution in [3.63, 3.8) is 0 Å². The number of anilines is 2. The number of hydrogen-bond acceptors (Lipinski definition) is 5. The minimum Gasteiger partial charge on any atom is -0.360 e. The number of aryl methyl sites for hydroxylation is 1. The molecule has 1 aromatic heterocycles. The highest BCUT2D eigenvalue weighted by Gasteiger charge is 2.66. The molecular formula is C19H25N5O3. The van der Waals surface area contributed by atoms with Crippen LogP contribution in [0.3, 0.4) is 0 Å². The summed E-state index contributed by atoms with van der Waals surface area (Å²) >= 11 is 0. The number of rotatable bonds is 3. The molecule has 0 saturated carbocycles. The van der Waals surface area contributed by atoms with Crippen LogP contribution in [0.1, 0.15) is 18.5 Å². The van der Waals surface area contributed by atoms with Gasteiger partial charge in [0.1, 0.15) is 11.3 Å². The normalized spacial score (nSPS) is 34.0. The third-order valence-electron chi connectivity index (χ3n) is 6.56. The lowest BCUT2D eigenvalue weighted by Gasteiger charge is -2.24. The zero-order valence-electron chi connectivity index (χ0n) is 15.9. The average Bonchev–Trinajstić information content (AvgIpc) is 3.42. The lowest BCUT2D eigenvalue weighted by molar-refractivity contribution is -0.134. The monoisotopic (exact) mass is 371 g/mol. The summed E-state index contributed by atoms with van der Waals surface area (Å²) in [5.74, 6) is -0.283. The molecule has 5 rings (SSSR count). The maximum atomic E-state index is 13.3. The first-order chi connectivity index (χ1) is 12.9. The fourth-order valence-corrected chi connectivity index (χ4v) is 5.08. The van der Waals surface area contributed by atoms with E-state index in [1.807, 2.05) is 26.1 Å². The number of aromatic nitrogens is 2. The van der Waals surface area contributed by atoms with Gasteiger partial charge in [-0.15, -0.1) is 0 Å². The highest BCUT2D eigenvalue weighted by atomic mass is 16.5. The molecule has 2 bridgehead atoms. The van der Waals surface area contributed by atoms with Crippen molar-refractivity contribution in [1.29, 1.82) is 0 Å². The van der Waals surface area contributed by atoms with Gasteiger partial charge in [-0.05, 0) is 19.8 Å². The minimum atomic E-state index is -0.639. The van der Waals surface area contributed by atoms with Gasteiger partial charge in [-0.1, -0.05) is 12.2 Å². The second-order valence-electron chi connectivity index (χ2n) is 8.19. The highest BCUT2D eigenvalue weighted by molar-refractivity contribution is 6.01. The summed E-state index contributed by atoms with van der Waals surface area (Å²) < 4.78 is 7.90. The summed E-state index contributed by atoms with van der Waals surface area (Å²) in [6.07, 6.45) is 5.85. The zero-order chi connectivity index (χ0) is 18.9. The topological polar surface area (TPSA) is 79.7 Å². The van der Waals surface area contributed by atoms with E-state index in [-0.39, 0.29) is 17.9 Å². The van der Waals surface area contributed by atoms with Crippen molar-refractivity contribution in [2.24, 2.45) is 18.9 Å². The van der Waals surface area contributed by atoms with Crippen LogP contribution >= 0.6 is 0 Å². The number of nitrogens with zero attached hydrogens (tertiary/aromatic N) is 4. The van der Waals surface area contributed by atoms with Gasteiger partial charge in [-0.25, -0.2) is 0 Å². The molecule has 8 heteroatoms. The van der Waals surface area contributed by atoms with Crippen LogP contribution in [0.15, 0.2) is 12.2 Å². The first-order valence-corrected chi connectivity index (χ1v) is 9.63. The Hall–Kier alpha value is -2.35. The van der Waals surface area contributed by atoms with Crippen LogP contribution in [0, 0.1) is 18.8 Å². The van der Waals surface area contributed by atoms with Gasteiger partial charge < -0.3 is 19.9 Å². The SMILES string of the molecule is Cc1c(NC(=O)[C@H]2[C@@H]3C=C[C@@]4(CN(C)C(=O)[C@@H]24)O3)c(N2CCCC2)nn1C. The number of carbonyl (C=O) groups is 2. The smallest absolute Gasteiger partial charge is 0.231 e. The van der Waals surface area contributed by atoms with Gasteiger partial charge in [0, 0.05) is 27.2 Å². The molecule has 4 atom stereocenters. The summed E-state index contributed by atoms with van der Waals surface area (Å²) in [4.78, 5) is 29.9. The second kappa shape index (κ2) is 5.58. The predicted octanol–water partition coefficient (Wildman–Crippen LogP) is 0.679. The van der Waals surface area contributed by atoms with Crippen molar-refractivity contribution < 1.29 is 14.3 Å². The van der Waals surface area contributed by atoms with Crippen LogP contribution in [-0.2, 0) is 21.4 Å². The number of nitrogens with one attached hydrogen (secondary N) is 1. The number of ether oxygens (including phenoxy) is 1. The van der Waals surface area contributed by atoms with Gasteiger partial charge in [-0.3, -0.25) is 14.3 Å². The Labute approximate surface area is 158 Å². The van der Waals surface area contributed by atoms with Gasteiger partial charge in [0.15, 0.2) is 5.82 Å². The van der Waals surface area contributed by atoms with Crippen LogP contribution in [0.25, 0.3) is 0 Å². The Kier molecular flexibility index (Phi) is 3.47. The molecule has 1 N–H and O–H groups in total. The number of likely N-dealkylation sites (N-methyl/N-ethyl adjacent to an activating group) is 1. The standard InChI is InChI=1S/C19H25N5O3/c1-11-15(16(21-23(11)3)24-8-4-5-9-24)20-17(25)13-12-6-7-19(27-12)10-22(2)18(26)14(13)19/h6-7,12-14H,4-5,8-10H2,1-3H3,(H,20,25)/t12-,13-,14+,19-/m0/s1. The van der Waals surface area contributed by atoms with E-state index in [0.29, 0.717) is 6.54 Å². The quantitative estimate of drug-likeness (QED) is 0.791.